The second-order valence-electron chi connectivity index (χ2n) is 5.71. The Morgan fingerprint density at radius 3 is 2.38 bits per heavy atom. The highest BCUT2D eigenvalue weighted by atomic mass is 79.9. The van der Waals surface area contributed by atoms with Gasteiger partial charge in [-0.25, -0.2) is 4.39 Å². The third-order valence-corrected chi connectivity index (χ3v) is 4.10. The van der Waals surface area contributed by atoms with Gasteiger partial charge in [0.1, 0.15) is 18.1 Å². The van der Waals surface area contributed by atoms with Gasteiger partial charge in [0.15, 0.2) is 5.75 Å². The van der Waals surface area contributed by atoms with Crippen molar-refractivity contribution in [2.75, 3.05) is 14.1 Å². The van der Waals surface area contributed by atoms with E-state index in [-0.39, 0.29) is 23.8 Å². The first kappa shape index (κ1) is 18.2. The first-order valence-corrected chi connectivity index (χ1v) is 8.03. The minimum absolute atomic E-state index is 0.0865. The highest BCUT2D eigenvalue weighted by molar-refractivity contribution is 9.10. The van der Waals surface area contributed by atoms with Crippen LogP contribution in [0.25, 0.3) is 0 Å². The zero-order valence-electron chi connectivity index (χ0n) is 13.9. The number of likely N-dealkylation sites (N-methyl/N-ethyl adjacent to an activating group) is 1. The fourth-order valence-corrected chi connectivity index (χ4v) is 2.56. The van der Waals surface area contributed by atoms with Gasteiger partial charge in [0.05, 0.1) is 10.7 Å². The van der Waals surface area contributed by atoms with Gasteiger partial charge in [0, 0.05) is 20.2 Å². The average Bonchev–Trinajstić information content (AvgIpc) is 2.46. The fourth-order valence-electron chi connectivity index (χ4n) is 2.18. The van der Waals surface area contributed by atoms with Crippen molar-refractivity contribution in [2.45, 2.75) is 20.4 Å². The molecule has 0 radical (unpaired) electrons. The van der Waals surface area contributed by atoms with E-state index in [1.54, 1.807) is 27.9 Å². The van der Waals surface area contributed by atoms with Crippen molar-refractivity contribution in [1.82, 2.24) is 9.47 Å². The largest absolute Gasteiger partial charge is 0.454 e. The maximum absolute atomic E-state index is 13.4. The molecule has 7 heteroatoms. The third-order valence-electron chi connectivity index (χ3n) is 3.48. The Morgan fingerprint density at radius 2 is 1.83 bits per heavy atom. The molecule has 0 atom stereocenters. The molecule has 0 N–H and O–H groups in total. The van der Waals surface area contributed by atoms with E-state index in [0.717, 1.165) is 0 Å². The zero-order valence-corrected chi connectivity index (χ0v) is 15.5. The minimum atomic E-state index is -0.335. The first-order valence-electron chi connectivity index (χ1n) is 7.23. The first-order chi connectivity index (χ1) is 11.2. The molecule has 1 aromatic carbocycles. The van der Waals surface area contributed by atoms with E-state index >= 15 is 0 Å². The lowest BCUT2D eigenvalue weighted by Gasteiger charge is -2.16. The Bertz CT molecular complexity index is 823. The van der Waals surface area contributed by atoms with Crippen LogP contribution in [0.2, 0.25) is 0 Å². The Hall–Kier alpha value is -2.15. The molecule has 0 saturated heterocycles. The SMILES string of the molecule is Cc1cc(F)cc(C)c1Oc1cn(CC(=O)N(C)C)c(=O)cc1Br. The Balaban J connectivity index is 2.41. The molecule has 0 unspecified atom stereocenters. The van der Waals surface area contributed by atoms with Crippen molar-refractivity contribution in [1.29, 1.82) is 0 Å². The predicted molar refractivity (Wildman–Crippen MR) is 93.0 cm³/mol. The lowest BCUT2D eigenvalue weighted by atomic mass is 10.1. The molecule has 1 heterocycles. The van der Waals surface area contributed by atoms with Crippen LogP contribution in [-0.2, 0) is 11.3 Å². The molecule has 0 spiro atoms. The Labute approximate surface area is 147 Å². The average molecular weight is 397 g/mol. The molecule has 5 nitrogen and oxygen atoms in total. The van der Waals surface area contributed by atoms with Gasteiger partial charge in [0.2, 0.25) is 5.91 Å². The summed E-state index contributed by atoms with van der Waals surface area (Å²) >= 11 is 3.29. The van der Waals surface area contributed by atoms with E-state index in [1.807, 2.05) is 0 Å². The highest BCUT2D eigenvalue weighted by Crippen LogP contribution is 2.33. The number of nitrogens with zero attached hydrogens (tertiary/aromatic N) is 2. The van der Waals surface area contributed by atoms with Crippen LogP contribution in [0.1, 0.15) is 11.1 Å². The lowest BCUT2D eigenvalue weighted by Crippen LogP contribution is -2.31. The second-order valence-corrected chi connectivity index (χ2v) is 6.57. The van der Waals surface area contributed by atoms with Gasteiger partial charge >= 0.3 is 0 Å². The molecule has 0 fully saturated rings. The fraction of sp³-hybridized carbons (Fsp3) is 0.294. The van der Waals surface area contributed by atoms with Gasteiger partial charge in [-0.3, -0.25) is 9.59 Å². The summed E-state index contributed by atoms with van der Waals surface area (Å²) in [5.41, 5.74) is 0.958. The number of aromatic nitrogens is 1. The number of carbonyl (C=O) groups excluding carboxylic acids is 1. The van der Waals surface area contributed by atoms with Gasteiger partial charge in [0.25, 0.3) is 5.56 Å². The van der Waals surface area contributed by atoms with Crippen molar-refractivity contribution >= 4 is 21.8 Å². The quantitative estimate of drug-likeness (QED) is 0.796. The summed E-state index contributed by atoms with van der Waals surface area (Å²) in [6.07, 6.45) is 1.47. The van der Waals surface area contributed by atoms with Gasteiger partial charge < -0.3 is 14.2 Å². The molecule has 0 aliphatic heterocycles. The molecule has 1 amide bonds. The van der Waals surface area contributed by atoms with E-state index in [4.69, 9.17) is 4.74 Å². The maximum atomic E-state index is 13.4. The van der Waals surface area contributed by atoms with Crippen molar-refractivity contribution < 1.29 is 13.9 Å². The number of hydrogen-bond acceptors (Lipinski definition) is 3. The molecular weight excluding hydrogens is 379 g/mol. The molecular formula is C17H18BrFN2O3. The Kier molecular flexibility index (Phi) is 5.43. The van der Waals surface area contributed by atoms with Gasteiger partial charge in [-0.05, 0) is 53.0 Å². The van der Waals surface area contributed by atoms with Crippen LogP contribution in [0.5, 0.6) is 11.5 Å². The number of aryl methyl sites for hydroxylation is 2. The molecule has 1 aromatic heterocycles. The van der Waals surface area contributed by atoms with Crippen molar-refractivity contribution in [3.05, 3.63) is 56.2 Å². The second kappa shape index (κ2) is 7.17. The van der Waals surface area contributed by atoms with E-state index in [2.05, 4.69) is 15.9 Å². The number of halogens is 2. The summed E-state index contributed by atoms with van der Waals surface area (Å²) in [4.78, 5) is 25.3. The number of pyridine rings is 1. The summed E-state index contributed by atoms with van der Waals surface area (Å²) in [6, 6.07) is 4.09. The molecule has 0 bridgehead atoms. The monoisotopic (exact) mass is 396 g/mol. The van der Waals surface area contributed by atoms with E-state index in [0.29, 0.717) is 27.1 Å². The normalized spacial score (nSPS) is 10.6. The summed E-state index contributed by atoms with van der Waals surface area (Å²) in [5, 5.41) is 0. The molecule has 0 aliphatic rings. The summed E-state index contributed by atoms with van der Waals surface area (Å²) < 4.78 is 21.0. The van der Waals surface area contributed by atoms with Crippen molar-refractivity contribution in [2.24, 2.45) is 0 Å². The summed E-state index contributed by atoms with van der Waals surface area (Å²) in [5.74, 6) is 0.345. The standard InChI is InChI=1S/C17H18BrFN2O3/c1-10-5-12(19)6-11(2)17(10)24-14-8-21(9-16(23)20(3)4)15(22)7-13(14)18/h5-8H,9H2,1-4H3. The highest BCUT2D eigenvalue weighted by Gasteiger charge is 2.14. The van der Waals surface area contributed by atoms with E-state index < -0.39 is 0 Å². The summed E-state index contributed by atoms with van der Waals surface area (Å²) in [7, 11) is 3.24. The van der Waals surface area contributed by atoms with Crippen molar-refractivity contribution in [3.8, 4) is 11.5 Å². The van der Waals surface area contributed by atoms with Gasteiger partial charge in [-0.2, -0.15) is 0 Å². The van der Waals surface area contributed by atoms with Gasteiger partial charge in [-0.1, -0.05) is 0 Å². The number of carbonyl (C=O) groups is 1. The molecule has 2 aromatic rings. The minimum Gasteiger partial charge on any atom is -0.454 e. The molecule has 2 rings (SSSR count). The van der Waals surface area contributed by atoms with Crippen molar-refractivity contribution in [3.63, 3.8) is 0 Å². The van der Waals surface area contributed by atoms with Crippen LogP contribution in [0.15, 0.2) is 33.7 Å². The number of hydrogen-bond donors (Lipinski definition) is 0. The number of rotatable bonds is 4. The number of ether oxygens (including phenoxy) is 1. The van der Waals surface area contributed by atoms with Crippen LogP contribution in [0.4, 0.5) is 4.39 Å². The molecule has 0 aliphatic carbocycles. The number of benzene rings is 1. The zero-order chi connectivity index (χ0) is 18.0. The van der Waals surface area contributed by atoms with E-state index in [9.17, 15) is 14.0 Å². The van der Waals surface area contributed by atoms with Crippen LogP contribution in [0, 0.1) is 19.7 Å². The van der Waals surface area contributed by atoms with E-state index in [1.165, 1.54) is 33.9 Å². The Morgan fingerprint density at radius 1 is 1.25 bits per heavy atom. The van der Waals surface area contributed by atoms with Gasteiger partial charge in [-0.15, -0.1) is 0 Å². The lowest BCUT2D eigenvalue weighted by molar-refractivity contribution is -0.129. The summed E-state index contributed by atoms with van der Waals surface area (Å²) in [6.45, 7) is 3.40. The van der Waals surface area contributed by atoms with Crippen LogP contribution in [-0.4, -0.2) is 29.5 Å². The smallest absolute Gasteiger partial charge is 0.252 e. The third kappa shape index (κ3) is 4.03. The molecule has 0 saturated carbocycles. The van der Waals surface area contributed by atoms with Crippen LogP contribution >= 0.6 is 15.9 Å². The topological polar surface area (TPSA) is 51.5 Å². The van der Waals surface area contributed by atoms with Crippen LogP contribution in [0.3, 0.4) is 0 Å². The predicted octanol–water partition coefficient (Wildman–Crippen LogP) is 3.25. The number of amides is 1. The maximum Gasteiger partial charge on any atom is 0.252 e. The molecule has 24 heavy (non-hydrogen) atoms. The van der Waals surface area contributed by atoms with Crippen LogP contribution < -0.4 is 10.3 Å². The molecule has 128 valence electrons.